The lowest BCUT2D eigenvalue weighted by Gasteiger charge is -2.10. The Hall–Kier alpha value is -4.91. The predicted molar refractivity (Wildman–Crippen MR) is 138 cm³/mol. The smallest absolute Gasteiger partial charge is 0.282 e. The summed E-state index contributed by atoms with van der Waals surface area (Å²) in [5.74, 6) is 2.63. The van der Waals surface area contributed by atoms with E-state index in [0.717, 1.165) is 28.2 Å². The van der Waals surface area contributed by atoms with E-state index in [9.17, 15) is 4.79 Å². The van der Waals surface area contributed by atoms with E-state index >= 15 is 0 Å². The first kappa shape index (κ1) is 21.6. The Kier molecular flexibility index (Phi) is 5.63. The number of fused-ring (bicyclic) bond motifs is 2. The molecule has 1 aliphatic rings. The third kappa shape index (κ3) is 4.30. The summed E-state index contributed by atoms with van der Waals surface area (Å²) in [5, 5.41) is 5.04. The first-order valence-electron chi connectivity index (χ1n) is 11.5. The maximum absolute atomic E-state index is 13.3. The van der Waals surface area contributed by atoms with Gasteiger partial charge in [0.15, 0.2) is 17.3 Å². The second-order valence-corrected chi connectivity index (χ2v) is 8.23. The highest BCUT2D eigenvalue weighted by molar-refractivity contribution is 5.82. The van der Waals surface area contributed by atoms with Gasteiger partial charge in [-0.05, 0) is 47.5 Å². The fraction of sp³-hybridized carbons (Fsp3) is 0.0690. The summed E-state index contributed by atoms with van der Waals surface area (Å²) >= 11 is 0. The van der Waals surface area contributed by atoms with Gasteiger partial charge in [-0.2, -0.15) is 9.78 Å². The molecule has 7 nitrogen and oxygen atoms in total. The molecule has 0 fully saturated rings. The highest BCUT2D eigenvalue weighted by Crippen LogP contribution is 2.32. The molecule has 0 aliphatic carbocycles. The Morgan fingerprint density at radius 1 is 0.889 bits per heavy atom. The highest BCUT2D eigenvalue weighted by Gasteiger charge is 2.14. The third-order valence-electron chi connectivity index (χ3n) is 5.81. The molecule has 0 saturated carbocycles. The van der Waals surface area contributed by atoms with E-state index in [1.54, 1.807) is 12.3 Å². The SMILES string of the molecule is O=c1c2ccccc2nc(-c2ccccc2)n1N=Cc1cccc(OCc2ccc3c(c2)OCO3)c1. The van der Waals surface area contributed by atoms with Gasteiger partial charge in [0, 0.05) is 5.56 Å². The van der Waals surface area contributed by atoms with Crippen molar-refractivity contribution in [3.05, 3.63) is 119 Å². The number of ether oxygens (including phenoxy) is 3. The fourth-order valence-electron chi connectivity index (χ4n) is 4.01. The van der Waals surface area contributed by atoms with E-state index in [-0.39, 0.29) is 12.4 Å². The molecular weight excluding hydrogens is 454 g/mol. The monoisotopic (exact) mass is 475 g/mol. The summed E-state index contributed by atoms with van der Waals surface area (Å²) in [6, 6.07) is 30.1. The van der Waals surface area contributed by atoms with E-state index < -0.39 is 0 Å². The zero-order chi connectivity index (χ0) is 24.3. The lowest BCUT2D eigenvalue weighted by Crippen LogP contribution is -2.20. The van der Waals surface area contributed by atoms with E-state index in [0.29, 0.717) is 29.1 Å². The van der Waals surface area contributed by atoms with Crippen LogP contribution in [-0.2, 0) is 6.61 Å². The normalized spacial score (nSPS) is 12.3. The van der Waals surface area contributed by atoms with Gasteiger partial charge in [-0.3, -0.25) is 4.79 Å². The lowest BCUT2D eigenvalue weighted by molar-refractivity contribution is 0.174. The number of aromatic nitrogens is 2. The van der Waals surface area contributed by atoms with Crippen LogP contribution in [0.1, 0.15) is 11.1 Å². The topological polar surface area (TPSA) is 74.9 Å². The van der Waals surface area contributed by atoms with Gasteiger partial charge in [-0.15, -0.1) is 0 Å². The van der Waals surface area contributed by atoms with Crippen LogP contribution in [0.2, 0.25) is 0 Å². The van der Waals surface area contributed by atoms with Crippen molar-refractivity contribution in [3.8, 4) is 28.6 Å². The van der Waals surface area contributed by atoms with Gasteiger partial charge in [-0.1, -0.05) is 60.7 Å². The Morgan fingerprint density at radius 3 is 2.64 bits per heavy atom. The second-order valence-electron chi connectivity index (χ2n) is 8.23. The van der Waals surface area contributed by atoms with E-state index in [1.165, 1.54) is 4.68 Å². The van der Waals surface area contributed by atoms with E-state index in [2.05, 4.69) is 5.10 Å². The molecule has 7 heteroatoms. The average molecular weight is 476 g/mol. The number of benzene rings is 4. The summed E-state index contributed by atoms with van der Waals surface area (Å²) in [5.41, 5.74) is 2.97. The molecule has 6 rings (SSSR count). The lowest BCUT2D eigenvalue weighted by atomic mass is 10.2. The first-order valence-corrected chi connectivity index (χ1v) is 11.5. The minimum absolute atomic E-state index is 0.231. The average Bonchev–Trinajstić information content (AvgIpc) is 3.40. The summed E-state index contributed by atoms with van der Waals surface area (Å²) < 4.78 is 18.1. The van der Waals surface area contributed by atoms with E-state index in [4.69, 9.17) is 19.2 Å². The van der Waals surface area contributed by atoms with Crippen LogP contribution in [0.25, 0.3) is 22.3 Å². The van der Waals surface area contributed by atoms with Crippen LogP contribution in [0.4, 0.5) is 0 Å². The molecule has 0 bridgehead atoms. The maximum atomic E-state index is 13.3. The van der Waals surface area contributed by atoms with E-state index in [1.807, 2.05) is 91.0 Å². The molecule has 2 heterocycles. The molecule has 0 unspecified atom stereocenters. The van der Waals surface area contributed by atoms with Gasteiger partial charge in [0.2, 0.25) is 6.79 Å². The zero-order valence-electron chi connectivity index (χ0n) is 19.2. The molecule has 36 heavy (non-hydrogen) atoms. The summed E-state index contributed by atoms with van der Waals surface area (Å²) in [7, 11) is 0. The molecule has 0 radical (unpaired) electrons. The minimum atomic E-state index is -0.231. The Bertz CT molecular complexity index is 1640. The largest absolute Gasteiger partial charge is 0.489 e. The second kappa shape index (κ2) is 9.38. The van der Waals surface area contributed by atoms with Crippen molar-refractivity contribution in [3.63, 3.8) is 0 Å². The van der Waals surface area contributed by atoms with Crippen LogP contribution in [0, 0.1) is 0 Å². The molecule has 0 spiro atoms. The summed E-state index contributed by atoms with van der Waals surface area (Å²) in [6.07, 6.45) is 1.64. The summed E-state index contributed by atoms with van der Waals surface area (Å²) in [6.45, 7) is 0.617. The maximum Gasteiger partial charge on any atom is 0.282 e. The third-order valence-corrected chi connectivity index (χ3v) is 5.81. The van der Waals surface area contributed by atoms with Gasteiger partial charge < -0.3 is 14.2 Å². The van der Waals surface area contributed by atoms with Crippen molar-refractivity contribution >= 4 is 17.1 Å². The Morgan fingerprint density at radius 2 is 1.72 bits per heavy atom. The van der Waals surface area contributed by atoms with Gasteiger partial charge in [-0.25, -0.2) is 4.98 Å². The Labute approximate surface area is 206 Å². The predicted octanol–water partition coefficient (Wildman–Crippen LogP) is 5.25. The van der Waals surface area contributed by atoms with Crippen molar-refractivity contribution in [2.24, 2.45) is 5.10 Å². The van der Waals surface area contributed by atoms with Gasteiger partial charge in [0.05, 0.1) is 17.1 Å². The van der Waals surface area contributed by atoms with Crippen LogP contribution in [0.5, 0.6) is 17.2 Å². The fourth-order valence-corrected chi connectivity index (χ4v) is 4.01. The number of rotatable bonds is 6. The van der Waals surface area contributed by atoms with Crippen LogP contribution in [0.3, 0.4) is 0 Å². The molecule has 1 aromatic heterocycles. The van der Waals surface area contributed by atoms with Crippen molar-refractivity contribution in [2.75, 3.05) is 6.79 Å². The molecular formula is C29H21N3O4. The molecule has 5 aromatic rings. The minimum Gasteiger partial charge on any atom is -0.489 e. The molecule has 0 amide bonds. The highest BCUT2D eigenvalue weighted by atomic mass is 16.7. The summed E-state index contributed by atoms with van der Waals surface area (Å²) in [4.78, 5) is 18.0. The van der Waals surface area contributed by atoms with Crippen molar-refractivity contribution in [1.29, 1.82) is 0 Å². The molecule has 0 saturated heterocycles. The van der Waals surface area contributed by atoms with Crippen molar-refractivity contribution < 1.29 is 14.2 Å². The Balaban J connectivity index is 1.29. The number of para-hydroxylation sites is 1. The number of hydrogen-bond donors (Lipinski definition) is 0. The van der Waals surface area contributed by atoms with Crippen LogP contribution >= 0.6 is 0 Å². The van der Waals surface area contributed by atoms with Crippen LogP contribution < -0.4 is 19.8 Å². The first-order chi connectivity index (χ1) is 17.7. The van der Waals surface area contributed by atoms with Crippen molar-refractivity contribution in [1.82, 2.24) is 9.66 Å². The number of nitrogens with zero attached hydrogens (tertiary/aromatic N) is 3. The van der Waals surface area contributed by atoms with Gasteiger partial charge in [0.25, 0.3) is 5.56 Å². The van der Waals surface area contributed by atoms with Crippen molar-refractivity contribution in [2.45, 2.75) is 6.61 Å². The number of hydrogen-bond acceptors (Lipinski definition) is 6. The molecule has 0 atom stereocenters. The van der Waals surface area contributed by atoms with Gasteiger partial charge in [0.1, 0.15) is 12.4 Å². The molecule has 0 N–H and O–H groups in total. The molecule has 4 aromatic carbocycles. The molecule has 1 aliphatic heterocycles. The van der Waals surface area contributed by atoms with Crippen LogP contribution in [-0.4, -0.2) is 22.7 Å². The van der Waals surface area contributed by atoms with Gasteiger partial charge >= 0.3 is 0 Å². The standard InChI is InChI=1S/C29H21N3O4/c33-29-24-11-4-5-12-25(24)31-28(22-8-2-1-3-9-22)32(29)30-17-20-7-6-10-23(15-20)34-18-21-13-14-26-27(16-21)36-19-35-26/h1-17H,18-19H2. The quantitative estimate of drug-likeness (QED) is 0.314. The van der Waals surface area contributed by atoms with Crippen LogP contribution in [0.15, 0.2) is 107 Å². The zero-order valence-corrected chi connectivity index (χ0v) is 19.2. The molecule has 176 valence electrons.